The molecule has 0 atom stereocenters. The Morgan fingerprint density at radius 3 is 2.73 bits per heavy atom. The van der Waals surface area contributed by atoms with Crippen molar-refractivity contribution in [3.05, 3.63) is 33.9 Å². The Hall–Kier alpha value is -1.95. The molecule has 1 aromatic carbocycles. The lowest BCUT2D eigenvalue weighted by Crippen LogP contribution is -2.35. The van der Waals surface area contributed by atoms with Crippen molar-refractivity contribution in [3.8, 4) is 0 Å². The number of aryl methyl sites for hydroxylation is 1. The molecule has 0 heterocycles. The van der Waals surface area contributed by atoms with Crippen molar-refractivity contribution in [1.29, 1.82) is 0 Å². The third-order valence-electron chi connectivity index (χ3n) is 3.82. The van der Waals surface area contributed by atoms with Crippen LogP contribution in [0.3, 0.4) is 0 Å². The van der Waals surface area contributed by atoms with Gasteiger partial charge >= 0.3 is 0 Å². The van der Waals surface area contributed by atoms with Crippen LogP contribution < -0.4 is 5.32 Å². The summed E-state index contributed by atoms with van der Waals surface area (Å²) in [5, 5.41) is 13.6. The van der Waals surface area contributed by atoms with Gasteiger partial charge in [0.25, 0.3) is 5.69 Å². The first-order chi connectivity index (χ1) is 10.5. The average Bonchev–Trinajstić information content (AvgIpc) is 3.25. The molecule has 22 heavy (non-hydrogen) atoms. The van der Waals surface area contributed by atoms with Gasteiger partial charge in [-0.3, -0.25) is 19.8 Å². The van der Waals surface area contributed by atoms with Crippen LogP contribution in [0.2, 0.25) is 0 Å². The van der Waals surface area contributed by atoms with Gasteiger partial charge < -0.3 is 5.32 Å². The molecular weight excluding hydrogens is 282 g/mol. The van der Waals surface area contributed by atoms with Crippen LogP contribution in [0.1, 0.15) is 31.7 Å². The minimum absolute atomic E-state index is 0.0387. The maximum absolute atomic E-state index is 12.2. The number of nitrogens with one attached hydrogen (secondary N) is 1. The predicted octanol–water partition coefficient (Wildman–Crippen LogP) is 2.96. The van der Waals surface area contributed by atoms with E-state index >= 15 is 0 Å². The molecule has 1 fully saturated rings. The molecule has 0 unspecified atom stereocenters. The maximum Gasteiger partial charge on any atom is 0.269 e. The average molecular weight is 305 g/mol. The van der Waals surface area contributed by atoms with E-state index in [0.717, 1.165) is 25.4 Å². The van der Waals surface area contributed by atoms with Crippen LogP contribution in [0.4, 0.5) is 11.4 Å². The van der Waals surface area contributed by atoms with Gasteiger partial charge in [-0.05, 0) is 50.3 Å². The van der Waals surface area contributed by atoms with Crippen molar-refractivity contribution in [2.75, 3.05) is 25.0 Å². The number of non-ortho nitro benzene ring substituents is 1. The van der Waals surface area contributed by atoms with Gasteiger partial charge in [0.15, 0.2) is 0 Å². The first kappa shape index (κ1) is 16.4. The van der Waals surface area contributed by atoms with Crippen molar-refractivity contribution in [2.24, 2.45) is 5.92 Å². The van der Waals surface area contributed by atoms with E-state index in [4.69, 9.17) is 0 Å². The van der Waals surface area contributed by atoms with Crippen LogP contribution >= 0.6 is 0 Å². The summed E-state index contributed by atoms with van der Waals surface area (Å²) in [6, 6.07) is 4.48. The lowest BCUT2D eigenvalue weighted by Gasteiger charge is -2.21. The van der Waals surface area contributed by atoms with Crippen LogP contribution in [0.25, 0.3) is 0 Å². The quantitative estimate of drug-likeness (QED) is 0.592. The summed E-state index contributed by atoms with van der Waals surface area (Å²) in [6.45, 7) is 6.15. The molecule has 1 aromatic rings. The highest BCUT2D eigenvalue weighted by Crippen LogP contribution is 2.29. The van der Waals surface area contributed by atoms with Gasteiger partial charge in [0, 0.05) is 24.4 Å². The monoisotopic (exact) mass is 305 g/mol. The highest BCUT2D eigenvalue weighted by atomic mass is 16.6. The number of hydrogen-bond acceptors (Lipinski definition) is 4. The molecule has 0 spiro atoms. The second kappa shape index (κ2) is 7.35. The highest BCUT2D eigenvalue weighted by molar-refractivity contribution is 5.93. The molecule has 0 saturated heterocycles. The Kier molecular flexibility index (Phi) is 5.49. The van der Waals surface area contributed by atoms with E-state index in [1.54, 1.807) is 13.0 Å². The number of carbonyl (C=O) groups excluding carboxylic acids is 1. The normalized spacial score (nSPS) is 14.1. The Bertz CT molecular complexity index is 556. The fourth-order valence-corrected chi connectivity index (χ4v) is 2.51. The van der Waals surface area contributed by atoms with E-state index in [2.05, 4.69) is 17.1 Å². The van der Waals surface area contributed by atoms with E-state index in [-0.39, 0.29) is 11.6 Å². The van der Waals surface area contributed by atoms with Crippen LogP contribution in [-0.2, 0) is 4.79 Å². The number of anilines is 1. The number of carbonyl (C=O) groups is 1. The highest BCUT2D eigenvalue weighted by Gasteiger charge is 2.25. The van der Waals surface area contributed by atoms with Gasteiger partial charge in [-0.15, -0.1) is 0 Å². The second-order valence-corrected chi connectivity index (χ2v) is 5.98. The van der Waals surface area contributed by atoms with Gasteiger partial charge in [0.05, 0.1) is 11.5 Å². The SMILES string of the molecule is CCCN(CC(=O)Nc1ccc([N+](=O)[O-])cc1C)CC1CC1. The molecule has 1 N–H and O–H groups in total. The number of rotatable bonds is 8. The first-order valence-electron chi connectivity index (χ1n) is 7.77. The number of nitro benzene ring substituents is 1. The van der Waals surface area contributed by atoms with Crippen LogP contribution in [0, 0.1) is 23.0 Å². The van der Waals surface area contributed by atoms with E-state index in [1.807, 2.05) is 0 Å². The van der Waals surface area contributed by atoms with Crippen molar-refractivity contribution in [2.45, 2.75) is 33.1 Å². The van der Waals surface area contributed by atoms with E-state index in [0.29, 0.717) is 17.8 Å². The van der Waals surface area contributed by atoms with Crippen LogP contribution in [-0.4, -0.2) is 35.4 Å². The van der Waals surface area contributed by atoms with E-state index in [1.165, 1.54) is 25.0 Å². The zero-order valence-electron chi connectivity index (χ0n) is 13.2. The number of hydrogen-bond donors (Lipinski definition) is 1. The minimum atomic E-state index is -0.433. The molecule has 1 aliphatic rings. The van der Waals surface area contributed by atoms with Crippen molar-refractivity contribution in [3.63, 3.8) is 0 Å². The number of amides is 1. The topological polar surface area (TPSA) is 75.5 Å². The third kappa shape index (κ3) is 4.80. The lowest BCUT2D eigenvalue weighted by molar-refractivity contribution is -0.384. The zero-order chi connectivity index (χ0) is 16.1. The van der Waals surface area contributed by atoms with Gasteiger partial charge in [-0.1, -0.05) is 6.92 Å². The number of benzene rings is 1. The fraction of sp³-hybridized carbons (Fsp3) is 0.562. The molecule has 120 valence electrons. The van der Waals surface area contributed by atoms with Gasteiger partial charge in [0.1, 0.15) is 0 Å². The maximum atomic E-state index is 12.2. The Morgan fingerprint density at radius 2 is 2.18 bits per heavy atom. The van der Waals surface area contributed by atoms with E-state index in [9.17, 15) is 14.9 Å². The predicted molar refractivity (Wildman–Crippen MR) is 85.9 cm³/mol. The first-order valence-corrected chi connectivity index (χ1v) is 7.77. The summed E-state index contributed by atoms with van der Waals surface area (Å²) in [4.78, 5) is 24.7. The lowest BCUT2D eigenvalue weighted by atomic mass is 10.2. The summed E-state index contributed by atoms with van der Waals surface area (Å²) in [7, 11) is 0. The number of nitro groups is 1. The molecule has 6 nitrogen and oxygen atoms in total. The molecule has 0 radical (unpaired) electrons. The molecular formula is C16H23N3O3. The summed E-state index contributed by atoms with van der Waals surface area (Å²) >= 11 is 0. The minimum Gasteiger partial charge on any atom is -0.325 e. The summed E-state index contributed by atoms with van der Waals surface area (Å²) in [5.74, 6) is 0.687. The van der Waals surface area contributed by atoms with Gasteiger partial charge in [0.2, 0.25) is 5.91 Å². The van der Waals surface area contributed by atoms with Crippen LogP contribution in [0.5, 0.6) is 0 Å². The summed E-state index contributed by atoms with van der Waals surface area (Å²) < 4.78 is 0. The fourth-order valence-electron chi connectivity index (χ4n) is 2.51. The summed E-state index contributed by atoms with van der Waals surface area (Å²) in [6.07, 6.45) is 3.56. The Morgan fingerprint density at radius 1 is 1.45 bits per heavy atom. The standard InChI is InChI=1S/C16H23N3O3/c1-3-8-18(10-13-4-5-13)11-16(20)17-15-7-6-14(19(21)22)9-12(15)2/h6-7,9,13H,3-5,8,10-11H2,1-2H3,(H,17,20). The van der Waals surface area contributed by atoms with Crippen LogP contribution in [0.15, 0.2) is 18.2 Å². The second-order valence-electron chi connectivity index (χ2n) is 5.98. The van der Waals surface area contributed by atoms with Crippen molar-refractivity contribution < 1.29 is 9.72 Å². The summed E-state index contributed by atoms with van der Waals surface area (Å²) in [5.41, 5.74) is 1.38. The Labute approximate surface area is 130 Å². The van der Waals surface area contributed by atoms with Crippen molar-refractivity contribution >= 4 is 17.3 Å². The van der Waals surface area contributed by atoms with Gasteiger partial charge in [-0.25, -0.2) is 0 Å². The Balaban J connectivity index is 1.93. The molecule has 1 saturated carbocycles. The van der Waals surface area contributed by atoms with Gasteiger partial charge in [-0.2, -0.15) is 0 Å². The largest absolute Gasteiger partial charge is 0.325 e. The molecule has 0 bridgehead atoms. The van der Waals surface area contributed by atoms with E-state index < -0.39 is 4.92 Å². The third-order valence-corrected chi connectivity index (χ3v) is 3.82. The molecule has 2 rings (SSSR count). The number of nitrogens with zero attached hydrogens (tertiary/aromatic N) is 2. The molecule has 1 amide bonds. The smallest absolute Gasteiger partial charge is 0.269 e. The molecule has 6 heteroatoms. The molecule has 1 aliphatic carbocycles. The van der Waals surface area contributed by atoms with Crippen molar-refractivity contribution in [1.82, 2.24) is 4.90 Å². The molecule has 0 aliphatic heterocycles. The molecule has 0 aromatic heterocycles. The zero-order valence-corrected chi connectivity index (χ0v) is 13.2.